The Kier molecular flexibility index (Phi) is 6.10. The van der Waals surface area contributed by atoms with Crippen molar-refractivity contribution >= 4 is 38.9 Å². The average Bonchev–Trinajstić information content (AvgIpc) is 2.71. The van der Waals surface area contributed by atoms with Gasteiger partial charge in [-0.3, -0.25) is 9.52 Å². The lowest BCUT2D eigenvalue weighted by atomic mass is 10.1. The van der Waals surface area contributed by atoms with Crippen molar-refractivity contribution in [3.8, 4) is 5.75 Å². The van der Waals surface area contributed by atoms with Crippen LogP contribution in [0, 0.1) is 6.92 Å². The second-order valence-electron chi connectivity index (χ2n) is 6.24. The highest BCUT2D eigenvalue weighted by molar-refractivity contribution is 7.92. The minimum atomic E-state index is -3.83. The number of anilines is 2. The van der Waals surface area contributed by atoms with E-state index in [9.17, 15) is 13.2 Å². The molecule has 0 fully saturated rings. The number of aryl methyl sites for hydroxylation is 1. The van der Waals surface area contributed by atoms with Crippen molar-refractivity contribution in [2.75, 3.05) is 17.1 Å². The normalized spacial score (nSPS) is 11.0. The first-order valence-corrected chi connectivity index (χ1v) is 10.5. The predicted octanol–water partition coefficient (Wildman–Crippen LogP) is 4.71. The van der Waals surface area contributed by atoms with Gasteiger partial charge in [0.25, 0.3) is 15.9 Å². The summed E-state index contributed by atoms with van der Waals surface area (Å²) in [4.78, 5) is 12.7. The molecule has 0 radical (unpaired) electrons. The molecular weight excluding hydrogens is 412 g/mol. The molecule has 0 unspecified atom stereocenters. The van der Waals surface area contributed by atoms with Crippen molar-refractivity contribution in [1.82, 2.24) is 0 Å². The van der Waals surface area contributed by atoms with Crippen LogP contribution in [-0.2, 0) is 10.0 Å². The molecule has 3 rings (SSSR count). The lowest BCUT2D eigenvalue weighted by Gasteiger charge is -2.13. The minimum absolute atomic E-state index is 0.0867. The fourth-order valence-corrected chi connectivity index (χ4v) is 3.89. The summed E-state index contributed by atoms with van der Waals surface area (Å²) in [5, 5.41) is 3.13. The SMILES string of the molecule is COc1ccc(S(=O)(=O)Nc2cc(C(=O)Nc3ccccc3Cl)ccc2C)cc1. The Hall–Kier alpha value is -3.03. The number of carbonyl (C=O) groups excluding carboxylic acids is 1. The molecule has 0 saturated heterocycles. The molecule has 1 amide bonds. The Morgan fingerprint density at radius 2 is 1.66 bits per heavy atom. The van der Waals surface area contributed by atoms with Crippen molar-refractivity contribution < 1.29 is 17.9 Å². The second-order valence-corrected chi connectivity index (χ2v) is 8.33. The fraction of sp³-hybridized carbons (Fsp3) is 0.0952. The van der Waals surface area contributed by atoms with Crippen LogP contribution < -0.4 is 14.8 Å². The number of hydrogen-bond acceptors (Lipinski definition) is 4. The monoisotopic (exact) mass is 430 g/mol. The van der Waals surface area contributed by atoms with Crippen molar-refractivity contribution in [2.24, 2.45) is 0 Å². The number of sulfonamides is 1. The van der Waals surface area contributed by atoms with Gasteiger partial charge in [0.15, 0.2) is 0 Å². The van der Waals surface area contributed by atoms with Crippen LogP contribution >= 0.6 is 11.6 Å². The van der Waals surface area contributed by atoms with E-state index in [1.807, 2.05) is 0 Å². The summed E-state index contributed by atoms with van der Waals surface area (Å²) in [7, 11) is -2.32. The molecule has 6 nitrogen and oxygen atoms in total. The van der Waals surface area contributed by atoms with Crippen LogP contribution in [0.5, 0.6) is 5.75 Å². The molecule has 0 aliphatic rings. The predicted molar refractivity (Wildman–Crippen MR) is 114 cm³/mol. The maximum Gasteiger partial charge on any atom is 0.261 e. The summed E-state index contributed by atoms with van der Waals surface area (Å²) in [5.74, 6) is 0.154. The van der Waals surface area contributed by atoms with Gasteiger partial charge in [-0.15, -0.1) is 0 Å². The molecule has 2 N–H and O–H groups in total. The van der Waals surface area contributed by atoms with Crippen molar-refractivity contribution in [2.45, 2.75) is 11.8 Å². The van der Waals surface area contributed by atoms with Crippen LogP contribution in [0.4, 0.5) is 11.4 Å². The van der Waals surface area contributed by atoms with E-state index in [1.165, 1.54) is 25.3 Å². The highest BCUT2D eigenvalue weighted by Gasteiger charge is 2.17. The van der Waals surface area contributed by atoms with Gasteiger partial charge in [-0.05, 0) is 61.0 Å². The Balaban J connectivity index is 1.84. The zero-order valence-electron chi connectivity index (χ0n) is 15.8. The van der Waals surface area contributed by atoms with Crippen LogP contribution in [0.2, 0.25) is 5.02 Å². The molecule has 3 aromatic rings. The molecule has 150 valence electrons. The molecule has 29 heavy (non-hydrogen) atoms. The quantitative estimate of drug-likeness (QED) is 0.593. The number of rotatable bonds is 6. The molecule has 0 bridgehead atoms. The first kappa shape index (κ1) is 20.7. The third-order valence-corrected chi connectivity index (χ3v) is 5.95. The summed E-state index contributed by atoms with van der Waals surface area (Å²) in [5.41, 5.74) is 1.76. The number of halogens is 1. The number of ether oxygens (including phenoxy) is 1. The van der Waals surface area contributed by atoms with Crippen LogP contribution in [0.1, 0.15) is 15.9 Å². The Morgan fingerprint density at radius 3 is 2.31 bits per heavy atom. The van der Waals surface area contributed by atoms with E-state index in [2.05, 4.69) is 10.0 Å². The van der Waals surface area contributed by atoms with Gasteiger partial charge in [0.2, 0.25) is 0 Å². The zero-order chi connectivity index (χ0) is 21.0. The molecule has 0 spiro atoms. The lowest BCUT2D eigenvalue weighted by molar-refractivity contribution is 0.102. The van der Waals surface area contributed by atoms with E-state index in [-0.39, 0.29) is 4.90 Å². The van der Waals surface area contributed by atoms with Crippen molar-refractivity contribution in [3.05, 3.63) is 82.9 Å². The average molecular weight is 431 g/mol. The van der Waals surface area contributed by atoms with Gasteiger partial charge < -0.3 is 10.1 Å². The molecule has 3 aromatic carbocycles. The van der Waals surface area contributed by atoms with Gasteiger partial charge in [-0.1, -0.05) is 29.8 Å². The van der Waals surface area contributed by atoms with Gasteiger partial charge in [0.05, 0.1) is 28.4 Å². The summed E-state index contributed by atoms with van der Waals surface area (Å²) in [6.45, 7) is 1.75. The molecule has 0 atom stereocenters. The number of amides is 1. The van der Waals surface area contributed by atoms with E-state index < -0.39 is 15.9 Å². The number of benzene rings is 3. The van der Waals surface area contributed by atoms with Crippen LogP contribution in [0.15, 0.2) is 71.6 Å². The van der Waals surface area contributed by atoms with Crippen LogP contribution in [-0.4, -0.2) is 21.4 Å². The molecule has 8 heteroatoms. The largest absolute Gasteiger partial charge is 0.497 e. The number of carbonyl (C=O) groups is 1. The molecule has 0 aliphatic carbocycles. The summed E-state index contributed by atoms with van der Waals surface area (Å²) in [6, 6.07) is 17.7. The highest BCUT2D eigenvalue weighted by Crippen LogP contribution is 2.25. The van der Waals surface area contributed by atoms with Crippen molar-refractivity contribution in [1.29, 1.82) is 0 Å². The third-order valence-electron chi connectivity index (χ3n) is 4.24. The van der Waals surface area contributed by atoms with Gasteiger partial charge in [0.1, 0.15) is 5.75 Å². The maximum absolute atomic E-state index is 12.7. The molecular formula is C21H19ClN2O4S. The number of hydrogen-bond donors (Lipinski definition) is 2. The number of methoxy groups -OCH3 is 1. The van der Waals surface area contributed by atoms with Gasteiger partial charge >= 0.3 is 0 Å². The summed E-state index contributed by atoms with van der Waals surface area (Å²) in [6.07, 6.45) is 0. The molecule has 0 aromatic heterocycles. The first-order valence-electron chi connectivity index (χ1n) is 8.63. The van der Waals surface area contributed by atoms with Gasteiger partial charge in [-0.25, -0.2) is 8.42 Å². The molecule has 0 aliphatic heterocycles. The lowest BCUT2D eigenvalue weighted by Crippen LogP contribution is -2.16. The number of nitrogens with one attached hydrogen (secondary N) is 2. The second kappa shape index (κ2) is 8.55. The summed E-state index contributed by atoms with van der Waals surface area (Å²) < 4.78 is 33.0. The number of para-hydroxylation sites is 1. The Bertz CT molecular complexity index is 1150. The van der Waals surface area contributed by atoms with Crippen molar-refractivity contribution in [3.63, 3.8) is 0 Å². The minimum Gasteiger partial charge on any atom is -0.497 e. The maximum atomic E-state index is 12.7. The van der Waals surface area contributed by atoms with E-state index in [0.717, 1.165) is 0 Å². The van der Waals surface area contributed by atoms with E-state index in [0.29, 0.717) is 33.3 Å². The first-order chi connectivity index (χ1) is 13.8. The third kappa shape index (κ3) is 4.88. The zero-order valence-corrected chi connectivity index (χ0v) is 17.3. The van der Waals surface area contributed by atoms with E-state index in [4.69, 9.17) is 16.3 Å². The van der Waals surface area contributed by atoms with E-state index in [1.54, 1.807) is 55.5 Å². The summed E-state index contributed by atoms with van der Waals surface area (Å²) >= 11 is 6.07. The standard InChI is InChI=1S/C21H19ClN2O4S/c1-14-7-8-15(21(25)23-19-6-4-3-5-18(19)22)13-20(14)24-29(26,27)17-11-9-16(28-2)10-12-17/h3-13,24H,1-2H3,(H,23,25). The fourth-order valence-electron chi connectivity index (χ4n) is 2.59. The molecule has 0 saturated carbocycles. The van der Waals surface area contributed by atoms with Gasteiger partial charge in [-0.2, -0.15) is 0 Å². The highest BCUT2D eigenvalue weighted by atomic mass is 35.5. The topological polar surface area (TPSA) is 84.5 Å². The van der Waals surface area contributed by atoms with Crippen LogP contribution in [0.3, 0.4) is 0 Å². The smallest absolute Gasteiger partial charge is 0.261 e. The van der Waals surface area contributed by atoms with E-state index >= 15 is 0 Å². The van der Waals surface area contributed by atoms with Crippen LogP contribution in [0.25, 0.3) is 0 Å². The van der Waals surface area contributed by atoms with Gasteiger partial charge in [0, 0.05) is 5.56 Å². The molecule has 0 heterocycles. The Labute approximate surface area is 174 Å². The Morgan fingerprint density at radius 1 is 0.966 bits per heavy atom.